The summed E-state index contributed by atoms with van der Waals surface area (Å²) >= 11 is 0. The Morgan fingerprint density at radius 2 is 0.284 bits per heavy atom. The van der Waals surface area contributed by atoms with Crippen LogP contribution in [0.3, 0.4) is 0 Å². The minimum Gasteiger partial charge on any atom is -0.457 e. The van der Waals surface area contributed by atoms with Gasteiger partial charge in [-0.25, -0.2) is 0 Å². The molecule has 60 radical (unpaired) electrons. The van der Waals surface area contributed by atoms with Crippen molar-refractivity contribution in [1.29, 1.82) is 0 Å². The van der Waals surface area contributed by atoms with Crippen molar-refractivity contribution in [2.45, 2.75) is 0 Å². The molecule has 10 aromatic carbocycles. The largest absolute Gasteiger partial charge is 0.457 e. The zero-order chi connectivity index (χ0) is 59.6. The van der Waals surface area contributed by atoms with E-state index in [0.717, 1.165) is 0 Å². The van der Waals surface area contributed by atoms with Gasteiger partial charge >= 0.3 is 0 Å². The van der Waals surface area contributed by atoms with Crippen LogP contribution < -0.4 is 164 Å². The number of benzene rings is 10. The van der Waals surface area contributed by atoms with Crippen LogP contribution in [0.15, 0.2) is 4.42 Å². The minimum atomic E-state index is -0.299. The molecule has 0 aliphatic rings. The summed E-state index contributed by atoms with van der Waals surface area (Å²) in [6.45, 7) is 0. The van der Waals surface area contributed by atoms with Crippen LogP contribution in [0.1, 0.15) is 0 Å². The van der Waals surface area contributed by atoms with Gasteiger partial charge in [-0.05, 0) is 87.2 Å². The Bertz CT molecular complexity index is 4820. The summed E-state index contributed by atoms with van der Waals surface area (Å²) in [5.74, 6) is 0. The molecule has 296 valence electrons. The molecule has 0 spiro atoms. The highest BCUT2D eigenvalue weighted by atomic mass is 16.3. The second-order valence-electron chi connectivity index (χ2n) is 19.9. The van der Waals surface area contributed by atoms with E-state index >= 15 is 0 Å². The Hall–Kier alpha value is -4.75. The molecule has 0 aliphatic carbocycles. The summed E-state index contributed by atoms with van der Waals surface area (Å²) in [6.07, 6.45) is 0. The van der Waals surface area contributed by atoms with Gasteiger partial charge < -0.3 is 4.42 Å². The quantitative estimate of drug-likeness (QED) is 0.0977. The smallest absolute Gasteiger partial charge is 0.128 e. The maximum absolute atomic E-state index is 7.42. The van der Waals surface area contributed by atoms with E-state index in [1.807, 2.05) is 0 Å². The Labute approximate surface area is 509 Å². The molecule has 1 aromatic heterocycles. The Morgan fingerprint density at radius 1 is 0.111 bits per heavy atom. The summed E-state index contributed by atoms with van der Waals surface area (Å²) in [5, 5.41) is 0.795. The molecule has 0 bridgehead atoms. The van der Waals surface area contributed by atoms with Crippen LogP contribution in [0.4, 0.5) is 0 Å². The van der Waals surface area contributed by atoms with Gasteiger partial charge in [-0.2, -0.15) is 0 Å². The Balaban J connectivity index is 1.34. The first-order valence-electron chi connectivity index (χ1n) is 23.8. The molecule has 0 saturated carbocycles. The third-order valence-electron chi connectivity index (χ3n) is 16.0. The first-order chi connectivity index (χ1) is 37.8. The number of fused-ring (bicyclic) bond motifs is 10. The zero-order valence-corrected chi connectivity index (χ0v) is 42.7. The lowest BCUT2D eigenvalue weighted by Crippen LogP contribution is -2.52. The third kappa shape index (κ3) is 7.30. The zero-order valence-electron chi connectivity index (χ0n) is 42.7. The van der Waals surface area contributed by atoms with E-state index in [0.29, 0.717) is 0 Å². The highest BCUT2D eigenvalue weighted by Crippen LogP contribution is 2.40. The van der Waals surface area contributed by atoms with Gasteiger partial charge in [0.05, 0.1) is 0 Å². The molecule has 0 saturated heterocycles. The molecular weight excluding hydrogens is 941 g/mol. The predicted molar refractivity (Wildman–Crippen MR) is 379 cm³/mol. The fourth-order valence-electron chi connectivity index (χ4n) is 11.8. The van der Waals surface area contributed by atoms with Crippen LogP contribution in [-0.2, 0) is 0 Å². The number of hydrogen-bond acceptors (Lipinski definition) is 1. The summed E-state index contributed by atoms with van der Waals surface area (Å²) in [7, 11) is 205. The first-order valence-corrected chi connectivity index (χ1v) is 23.8. The van der Waals surface area contributed by atoms with Crippen LogP contribution in [-0.4, -0.2) is 235 Å². The van der Waals surface area contributed by atoms with Crippen LogP contribution in [0.5, 0.6) is 0 Å². The molecule has 0 aliphatic heterocycles. The molecule has 0 fully saturated rings. The van der Waals surface area contributed by atoms with E-state index in [9.17, 15) is 0 Å². The van der Waals surface area contributed by atoms with Crippen LogP contribution in [0.2, 0.25) is 0 Å². The van der Waals surface area contributed by atoms with Crippen molar-refractivity contribution in [3.8, 4) is 33.4 Å². The molecule has 11 aromatic rings. The average Bonchev–Trinajstić information content (AvgIpc) is 2.65. The third-order valence-corrected chi connectivity index (χ3v) is 16.0. The minimum absolute atomic E-state index is 0.0253. The Morgan fingerprint density at radius 3 is 0.642 bits per heavy atom. The van der Waals surface area contributed by atoms with E-state index < -0.39 is 0 Å². The molecule has 81 heavy (non-hydrogen) atoms. The van der Waals surface area contributed by atoms with Gasteiger partial charge in [0.2, 0.25) is 0 Å². The van der Waals surface area contributed by atoms with Crippen molar-refractivity contribution in [2.24, 2.45) is 0 Å². The van der Waals surface area contributed by atoms with Crippen molar-refractivity contribution < 1.29 is 4.42 Å². The van der Waals surface area contributed by atoms with E-state index in [1.165, 1.54) is 0 Å². The summed E-state index contributed by atoms with van der Waals surface area (Å²) in [4.78, 5) is 0. The van der Waals surface area contributed by atoms with Crippen molar-refractivity contribution in [3.63, 3.8) is 0 Å². The van der Waals surface area contributed by atoms with E-state index in [-0.39, 0.29) is 273 Å². The summed E-state index contributed by atoms with van der Waals surface area (Å²) in [6, 6.07) is 0. The van der Waals surface area contributed by atoms with E-state index in [2.05, 4.69) is 0 Å². The topological polar surface area (TPSA) is 13.1 Å². The second-order valence-corrected chi connectivity index (χ2v) is 19.9. The average molecular weight is 941 g/mol. The SMILES string of the molecule is [B]c1c([B])c(-c2c3c([B])c([B])c([B])c([B])c3c(-c3c([B])c([B])c4oc5c([B])c([B])c6c([B])c([B])c([B])c([B])c6c5c4c3[B])c3c([B])c([B])c([B])c([B])c23)c([B])c([B])c1-c1c([B])c([B])c2c(c1[B])c([B])c([B])c1c([B])c([B])c([B])c([B])c12. The lowest BCUT2D eigenvalue weighted by molar-refractivity contribution is 0.675. The molecule has 1 nitrogen and oxygen atoms in total. The number of furan rings is 1. The number of hydrogen-bond donors (Lipinski definition) is 0. The van der Waals surface area contributed by atoms with Crippen molar-refractivity contribution >= 4 is 475 Å². The molecule has 0 amide bonds. The second kappa shape index (κ2) is 19.4. The van der Waals surface area contributed by atoms with Gasteiger partial charge in [0, 0.05) is 10.8 Å². The fourth-order valence-corrected chi connectivity index (χ4v) is 11.8. The maximum Gasteiger partial charge on any atom is 0.128 e. The number of rotatable bonds is 3. The molecule has 0 N–H and O–H groups in total. The molecule has 11 rings (SSSR count). The van der Waals surface area contributed by atoms with Gasteiger partial charge in [0.25, 0.3) is 0 Å². The maximum atomic E-state index is 7.42. The van der Waals surface area contributed by atoms with Crippen LogP contribution in [0, 0.1) is 0 Å². The molecule has 0 unspecified atom stereocenters. The standard InChI is InChI=1S/C50B30O/c51-19-13-7(8-14(31(63)30(13)62)35(67)45(77)43(75)26(8)58)21(53)32(64)16(19)17-33(65)28(60)12(29(61)34(17)66)2-5-3(22(54)39(71)41(73)24(5)56)1(4-6(2)25(57)42(74)40(72)23(4)55)11-20(52)18-10-9-15(36(68)46(78)44(76)27(9)59)38(70)47(79)49(10)81-50(18)48(80)37(11)69. The summed E-state index contributed by atoms with van der Waals surface area (Å²) < 4.78 is 6.38. The van der Waals surface area contributed by atoms with Gasteiger partial charge in [-0.1, -0.05) is 120 Å². The highest BCUT2D eigenvalue weighted by Gasteiger charge is 2.32. The molecule has 1 heterocycles. The lowest BCUT2D eigenvalue weighted by Gasteiger charge is -2.33. The van der Waals surface area contributed by atoms with Gasteiger partial charge in [0.15, 0.2) is 0 Å². The van der Waals surface area contributed by atoms with Crippen LogP contribution in [0.25, 0.3) is 109 Å². The van der Waals surface area contributed by atoms with Gasteiger partial charge in [-0.3, -0.25) is 0 Å². The lowest BCUT2D eigenvalue weighted by atomic mass is 9.55. The van der Waals surface area contributed by atoms with Gasteiger partial charge in [-0.15, -0.1) is 43.7 Å². The van der Waals surface area contributed by atoms with E-state index in [1.54, 1.807) is 0 Å². The molecular formula is C50B30O. The van der Waals surface area contributed by atoms with Crippen molar-refractivity contribution in [3.05, 3.63) is 0 Å². The first kappa shape index (κ1) is 58.0. The Kier molecular flexibility index (Phi) is 13.9. The molecule has 0 atom stereocenters. The van der Waals surface area contributed by atoms with Crippen LogP contribution >= 0.6 is 0 Å². The summed E-state index contributed by atoms with van der Waals surface area (Å²) in [5.41, 5.74) is -5.35. The normalized spacial score (nSPS) is 12.0. The monoisotopic (exact) mass is 946 g/mol. The fraction of sp³-hybridized carbons (Fsp3) is 0. The van der Waals surface area contributed by atoms with Gasteiger partial charge in [0.1, 0.15) is 247 Å². The predicted octanol–water partition coefficient (Wildman–Crippen LogP) is -21.8. The molecule has 31 heteroatoms. The highest BCUT2D eigenvalue weighted by molar-refractivity contribution is 6.79. The van der Waals surface area contributed by atoms with E-state index in [4.69, 9.17) is 240 Å². The van der Waals surface area contributed by atoms with Crippen molar-refractivity contribution in [1.82, 2.24) is 0 Å². The van der Waals surface area contributed by atoms with Crippen molar-refractivity contribution in [2.75, 3.05) is 0 Å².